The van der Waals surface area contributed by atoms with E-state index in [-0.39, 0.29) is 5.56 Å². The van der Waals surface area contributed by atoms with Crippen molar-refractivity contribution in [3.8, 4) is 10.6 Å². The maximum atomic E-state index is 12.7. The third kappa shape index (κ3) is 2.24. The van der Waals surface area contributed by atoms with Crippen molar-refractivity contribution in [2.75, 3.05) is 5.73 Å². The zero-order valence-electron chi connectivity index (χ0n) is 11.7. The Bertz CT molecular complexity index is 702. The lowest BCUT2D eigenvalue weighted by molar-refractivity contribution is 0.498. The molecule has 106 valence electrons. The van der Waals surface area contributed by atoms with Gasteiger partial charge in [-0.3, -0.25) is 4.79 Å². The molecule has 0 fully saturated rings. The molecule has 0 amide bonds. The summed E-state index contributed by atoms with van der Waals surface area (Å²) in [4.78, 5) is 12.7. The standard InChI is InChI=1S/C14H18N4OS/c1-8(2)7-18-11-5-3-4-9(11)6-10(13(18)19)12-16-17-14(15)20-12/h6,8H,3-5,7H2,1-2H3,(H2,15,17). The molecule has 0 atom stereocenters. The zero-order valence-corrected chi connectivity index (χ0v) is 12.5. The van der Waals surface area contributed by atoms with Crippen LogP contribution in [0, 0.1) is 5.92 Å². The van der Waals surface area contributed by atoms with Gasteiger partial charge in [-0.15, -0.1) is 10.2 Å². The quantitative estimate of drug-likeness (QED) is 0.939. The first-order valence-electron chi connectivity index (χ1n) is 6.91. The summed E-state index contributed by atoms with van der Waals surface area (Å²) >= 11 is 1.27. The van der Waals surface area contributed by atoms with Crippen molar-refractivity contribution < 1.29 is 0 Å². The Labute approximate surface area is 121 Å². The van der Waals surface area contributed by atoms with Crippen LogP contribution in [0.15, 0.2) is 10.9 Å². The molecule has 5 nitrogen and oxygen atoms in total. The largest absolute Gasteiger partial charge is 0.374 e. The maximum absolute atomic E-state index is 12.7. The van der Waals surface area contributed by atoms with E-state index >= 15 is 0 Å². The highest BCUT2D eigenvalue weighted by Gasteiger charge is 2.21. The van der Waals surface area contributed by atoms with Gasteiger partial charge in [0.1, 0.15) is 0 Å². The third-order valence-corrected chi connectivity index (χ3v) is 4.35. The summed E-state index contributed by atoms with van der Waals surface area (Å²) < 4.78 is 1.93. The fraction of sp³-hybridized carbons (Fsp3) is 0.500. The first-order valence-corrected chi connectivity index (χ1v) is 7.73. The lowest BCUT2D eigenvalue weighted by Gasteiger charge is -2.15. The van der Waals surface area contributed by atoms with E-state index in [1.165, 1.54) is 22.6 Å². The van der Waals surface area contributed by atoms with Crippen LogP contribution in [0.2, 0.25) is 0 Å². The minimum atomic E-state index is 0.0375. The number of pyridine rings is 1. The summed E-state index contributed by atoms with van der Waals surface area (Å²) in [6, 6.07) is 1.99. The number of hydrogen-bond donors (Lipinski definition) is 1. The second-order valence-corrected chi connectivity index (χ2v) is 6.65. The van der Waals surface area contributed by atoms with E-state index in [9.17, 15) is 4.79 Å². The average Bonchev–Trinajstić information content (AvgIpc) is 3.00. The van der Waals surface area contributed by atoms with Crippen LogP contribution >= 0.6 is 11.3 Å². The van der Waals surface area contributed by atoms with Gasteiger partial charge in [0.05, 0.1) is 5.56 Å². The number of nitrogens with zero attached hydrogens (tertiary/aromatic N) is 3. The third-order valence-electron chi connectivity index (χ3n) is 3.57. The summed E-state index contributed by atoms with van der Waals surface area (Å²) in [5.74, 6) is 0.437. The normalized spacial score (nSPS) is 13.9. The Morgan fingerprint density at radius 2 is 2.20 bits per heavy atom. The molecule has 2 heterocycles. The highest BCUT2D eigenvalue weighted by molar-refractivity contribution is 7.18. The SMILES string of the molecule is CC(C)Cn1c2c(cc(-c3nnc(N)s3)c1=O)CCC2. The molecular formula is C14H18N4OS. The predicted molar refractivity (Wildman–Crippen MR) is 80.9 cm³/mol. The molecule has 1 aliphatic carbocycles. The summed E-state index contributed by atoms with van der Waals surface area (Å²) in [6.07, 6.45) is 3.15. The van der Waals surface area contributed by atoms with Crippen molar-refractivity contribution >= 4 is 16.5 Å². The number of fused-ring (bicyclic) bond motifs is 1. The molecule has 20 heavy (non-hydrogen) atoms. The molecule has 2 aromatic rings. The van der Waals surface area contributed by atoms with Crippen LogP contribution in [0.1, 0.15) is 31.5 Å². The van der Waals surface area contributed by atoms with Crippen LogP contribution in [0.5, 0.6) is 0 Å². The van der Waals surface area contributed by atoms with Gasteiger partial charge in [0.2, 0.25) is 5.13 Å². The van der Waals surface area contributed by atoms with Gasteiger partial charge in [-0.25, -0.2) is 0 Å². The van der Waals surface area contributed by atoms with E-state index in [4.69, 9.17) is 5.73 Å². The van der Waals surface area contributed by atoms with Crippen LogP contribution in [0.3, 0.4) is 0 Å². The predicted octanol–water partition coefficient (Wildman–Crippen LogP) is 2.09. The van der Waals surface area contributed by atoms with Gasteiger partial charge in [-0.2, -0.15) is 0 Å². The minimum absolute atomic E-state index is 0.0375. The molecule has 6 heteroatoms. The van der Waals surface area contributed by atoms with Gasteiger partial charge < -0.3 is 10.3 Å². The van der Waals surface area contributed by atoms with Crippen molar-refractivity contribution in [3.63, 3.8) is 0 Å². The fourth-order valence-electron chi connectivity index (χ4n) is 2.77. The van der Waals surface area contributed by atoms with Gasteiger partial charge in [0, 0.05) is 12.2 Å². The second-order valence-electron chi connectivity index (χ2n) is 5.64. The number of aryl methyl sites for hydroxylation is 1. The molecule has 0 unspecified atom stereocenters. The van der Waals surface area contributed by atoms with E-state index in [1.54, 1.807) is 0 Å². The number of nitrogens with two attached hydrogens (primary N) is 1. The van der Waals surface area contributed by atoms with Crippen LogP contribution in [-0.4, -0.2) is 14.8 Å². The smallest absolute Gasteiger partial charge is 0.261 e. The van der Waals surface area contributed by atoms with E-state index in [2.05, 4.69) is 24.0 Å². The van der Waals surface area contributed by atoms with Crippen molar-refractivity contribution in [2.45, 2.75) is 39.7 Å². The molecule has 0 saturated heterocycles. The van der Waals surface area contributed by atoms with Crippen molar-refractivity contribution in [1.82, 2.24) is 14.8 Å². The highest BCUT2D eigenvalue weighted by Crippen LogP contribution is 2.28. The van der Waals surface area contributed by atoms with Crippen molar-refractivity contribution in [3.05, 3.63) is 27.7 Å². The summed E-state index contributed by atoms with van der Waals surface area (Å²) in [5, 5.41) is 8.86. The highest BCUT2D eigenvalue weighted by atomic mass is 32.1. The molecule has 2 aromatic heterocycles. The number of aromatic nitrogens is 3. The molecule has 0 bridgehead atoms. The monoisotopic (exact) mass is 290 g/mol. The first kappa shape index (κ1) is 13.3. The van der Waals surface area contributed by atoms with Gasteiger partial charge >= 0.3 is 0 Å². The van der Waals surface area contributed by atoms with Crippen LogP contribution in [0.25, 0.3) is 10.6 Å². The van der Waals surface area contributed by atoms with Gasteiger partial charge in [0.15, 0.2) is 5.01 Å². The minimum Gasteiger partial charge on any atom is -0.374 e. The van der Waals surface area contributed by atoms with E-state index in [1.807, 2.05) is 10.6 Å². The van der Waals surface area contributed by atoms with E-state index < -0.39 is 0 Å². The number of hydrogen-bond acceptors (Lipinski definition) is 5. The lowest BCUT2D eigenvalue weighted by Crippen LogP contribution is -2.27. The number of rotatable bonds is 3. The Balaban J connectivity index is 2.19. The average molecular weight is 290 g/mol. The Hall–Kier alpha value is -1.69. The molecule has 2 N–H and O–H groups in total. The van der Waals surface area contributed by atoms with Crippen molar-refractivity contribution in [1.29, 1.82) is 0 Å². The Morgan fingerprint density at radius 1 is 1.40 bits per heavy atom. The Morgan fingerprint density at radius 3 is 2.85 bits per heavy atom. The van der Waals surface area contributed by atoms with Gasteiger partial charge in [-0.05, 0) is 36.8 Å². The maximum Gasteiger partial charge on any atom is 0.261 e. The van der Waals surface area contributed by atoms with Gasteiger partial charge in [-0.1, -0.05) is 25.2 Å². The van der Waals surface area contributed by atoms with E-state index in [0.717, 1.165) is 25.8 Å². The Kier molecular flexibility index (Phi) is 3.33. The van der Waals surface area contributed by atoms with Crippen LogP contribution in [0.4, 0.5) is 5.13 Å². The van der Waals surface area contributed by atoms with Crippen LogP contribution < -0.4 is 11.3 Å². The molecular weight excluding hydrogens is 272 g/mol. The molecule has 0 saturated carbocycles. The number of nitrogen functional groups attached to an aromatic ring is 1. The topological polar surface area (TPSA) is 73.8 Å². The molecule has 0 aliphatic heterocycles. The molecule has 3 rings (SSSR count). The lowest BCUT2D eigenvalue weighted by atomic mass is 10.1. The van der Waals surface area contributed by atoms with E-state index in [0.29, 0.717) is 21.6 Å². The van der Waals surface area contributed by atoms with Crippen LogP contribution in [-0.2, 0) is 19.4 Å². The first-order chi connectivity index (χ1) is 9.56. The summed E-state index contributed by atoms with van der Waals surface area (Å²) in [5.41, 5.74) is 8.78. The molecule has 1 aliphatic rings. The molecule has 0 aromatic carbocycles. The fourth-order valence-corrected chi connectivity index (χ4v) is 3.39. The summed E-state index contributed by atoms with van der Waals surface area (Å²) in [6.45, 7) is 5.01. The molecule has 0 radical (unpaired) electrons. The van der Waals surface area contributed by atoms with Crippen molar-refractivity contribution in [2.24, 2.45) is 5.92 Å². The summed E-state index contributed by atoms with van der Waals surface area (Å²) in [7, 11) is 0. The van der Waals surface area contributed by atoms with Gasteiger partial charge in [0.25, 0.3) is 5.56 Å². The zero-order chi connectivity index (χ0) is 14.3. The number of anilines is 1. The molecule has 0 spiro atoms. The second kappa shape index (κ2) is 5.01.